The summed E-state index contributed by atoms with van der Waals surface area (Å²) in [7, 11) is 0. The van der Waals surface area contributed by atoms with Crippen LogP contribution < -0.4 is 10.6 Å². The molecule has 96 valence electrons. The molecule has 0 unspecified atom stereocenters. The van der Waals surface area contributed by atoms with E-state index in [2.05, 4.69) is 16.7 Å². The SMILES string of the molecule is CSc1ccc(C(=O)NCC2=CCNCC2)cc1. The number of hydrogen-bond acceptors (Lipinski definition) is 3. The molecule has 1 amide bonds. The van der Waals surface area contributed by atoms with Crippen molar-refractivity contribution in [2.45, 2.75) is 11.3 Å². The Morgan fingerprint density at radius 3 is 2.78 bits per heavy atom. The molecular formula is C14H18N2OS. The molecule has 0 atom stereocenters. The predicted molar refractivity (Wildman–Crippen MR) is 76.1 cm³/mol. The molecule has 0 saturated carbocycles. The number of benzene rings is 1. The number of rotatable bonds is 4. The quantitative estimate of drug-likeness (QED) is 0.644. The standard InChI is InChI=1S/C14H18N2OS/c1-18-13-4-2-12(3-5-13)14(17)16-10-11-6-8-15-9-7-11/h2-6,15H,7-10H2,1H3,(H,16,17). The first-order valence-electron chi connectivity index (χ1n) is 6.10. The molecule has 2 N–H and O–H groups in total. The summed E-state index contributed by atoms with van der Waals surface area (Å²) < 4.78 is 0. The molecule has 3 nitrogen and oxygen atoms in total. The van der Waals surface area contributed by atoms with Crippen LogP contribution >= 0.6 is 11.8 Å². The van der Waals surface area contributed by atoms with Crippen LogP contribution in [0.4, 0.5) is 0 Å². The van der Waals surface area contributed by atoms with Crippen LogP contribution in [0.25, 0.3) is 0 Å². The minimum absolute atomic E-state index is 0.00193. The van der Waals surface area contributed by atoms with Gasteiger partial charge in [0, 0.05) is 23.5 Å². The molecule has 1 aromatic rings. The van der Waals surface area contributed by atoms with E-state index in [9.17, 15) is 4.79 Å². The van der Waals surface area contributed by atoms with Gasteiger partial charge < -0.3 is 10.6 Å². The van der Waals surface area contributed by atoms with Crippen molar-refractivity contribution in [3.05, 3.63) is 41.5 Å². The molecular weight excluding hydrogens is 244 g/mol. The number of carbonyl (C=O) groups excluding carboxylic acids is 1. The Hall–Kier alpha value is -1.26. The Labute approximate surface area is 112 Å². The minimum Gasteiger partial charge on any atom is -0.348 e. The lowest BCUT2D eigenvalue weighted by atomic mass is 10.1. The van der Waals surface area contributed by atoms with Gasteiger partial charge in [0.15, 0.2) is 0 Å². The van der Waals surface area contributed by atoms with Gasteiger partial charge in [-0.3, -0.25) is 4.79 Å². The van der Waals surface area contributed by atoms with Crippen molar-refractivity contribution in [2.24, 2.45) is 0 Å². The van der Waals surface area contributed by atoms with Crippen molar-refractivity contribution in [2.75, 3.05) is 25.9 Å². The highest BCUT2D eigenvalue weighted by molar-refractivity contribution is 7.98. The monoisotopic (exact) mass is 262 g/mol. The third-order valence-corrected chi connectivity index (χ3v) is 3.73. The van der Waals surface area contributed by atoms with Crippen LogP contribution in [0.5, 0.6) is 0 Å². The van der Waals surface area contributed by atoms with E-state index in [1.807, 2.05) is 30.5 Å². The molecule has 2 rings (SSSR count). The van der Waals surface area contributed by atoms with E-state index in [4.69, 9.17) is 0 Å². The average molecular weight is 262 g/mol. The Morgan fingerprint density at radius 1 is 1.39 bits per heavy atom. The molecule has 0 saturated heterocycles. The molecule has 1 aliphatic rings. The van der Waals surface area contributed by atoms with E-state index >= 15 is 0 Å². The highest BCUT2D eigenvalue weighted by atomic mass is 32.2. The van der Waals surface area contributed by atoms with Crippen LogP contribution in [0.1, 0.15) is 16.8 Å². The first kappa shape index (κ1) is 13.2. The smallest absolute Gasteiger partial charge is 0.251 e. The Balaban J connectivity index is 1.88. The van der Waals surface area contributed by atoms with E-state index in [0.29, 0.717) is 6.54 Å². The van der Waals surface area contributed by atoms with Crippen LogP contribution in [0.3, 0.4) is 0 Å². The second-order valence-electron chi connectivity index (χ2n) is 4.23. The summed E-state index contributed by atoms with van der Waals surface area (Å²) in [5, 5.41) is 6.22. The Bertz CT molecular complexity index is 440. The summed E-state index contributed by atoms with van der Waals surface area (Å²) in [6, 6.07) is 7.70. The first-order chi connectivity index (χ1) is 8.79. The van der Waals surface area contributed by atoms with Crippen molar-refractivity contribution < 1.29 is 4.79 Å². The lowest BCUT2D eigenvalue weighted by Gasteiger charge is -2.14. The molecule has 0 fully saturated rings. The van der Waals surface area contributed by atoms with Gasteiger partial charge in [0.25, 0.3) is 5.91 Å². The van der Waals surface area contributed by atoms with Gasteiger partial charge in [0.05, 0.1) is 0 Å². The third-order valence-electron chi connectivity index (χ3n) is 2.99. The van der Waals surface area contributed by atoms with E-state index in [0.717, 1.165) is 25.1 Å². The van der Waals surface area contributed by atoms with Crippen molar-refractivity contribution in [3.8, 4) is 0 Å². The summed E-state index contributed by atoms with van der Waals surface area (Å²) in [4.78, 5) is 13.1. The number of amides is 1. The maximum absolute atomic E-state index is 11.9. The van der Waals surface area contributed by atoms with Crippen molar-refractivity contribution >= 4 is 17.7 Å². The van der Waals surface area contributed by atoms with E-state index in [1.54, 1.807) is 11.8 Å². The van der Waals surface area contributed by atoms with Gasteiger partial charge in [-0.2, -0.15) is 0 Å². The van der Waals surface area contributed by atoms with Crippen molar-refractivity contribution in [1.82, 2.24) is 10.6 Å². The molecule has 0 radical (unpaired) electrons. The maximum Gasteiger partial charge on any atom is 0.251 e. The van der Waals surface area contributed by atoms with Crippen LogP contribution in [0.15, 0.2) is 40.8 Å². The molecule has 4 heteroatoms. The topological polar surface area (TPSA) is 41.1 Å². The highest BCUT2D eigenvalue weighted by Gasteiger charge is 2.07. The predicted octanol–water partition coefficient (Wildman–Crippen LogP) is 2.06. The number of nitrogens with one attached hydrogen (secondary N) is 2. The number of thioether (sulfide) groups is 1. The van der Waals surface area contributed by atoms with Crippen LogP contribution in [0.2, 0.25) is 0 Å². The van der Waals surface area contributed by atoms with Gasteiger partial charge in [-0.05, 0) is 43.5 Å². The van der Waals surface area contributed by atoms with Gasteiger partial charge in [-0.25, -0.2) is 0 Å². The van der Waals surface area contributed by atoms with Gasteiger partial charge in [-0.1, -0.05) is 11.6 Å². The zero-order chi connectivity index (χ0) is 12.8. The van der Waals surface area contributed by atoms with Gasteiger partial charge in [-0.15, -0.1) is 11.8 Å². The number of carbonyl (C=O) groups is 1. The lowest BCUT2D eigenvalue weighted by molar-refractivity contribution is 0.0956. The molecule has 0 bridgehead atoms. The largest absolute Gasteiger partial charge is 0.348 e. The normalized spacial score (nSPS) is 15.1. The van der Waals surface area contributed by atoms with E-state index in [-0.39, 0.29) is 5.91 Å². The summed E-state index contributed by atoms with van der Waals surface area (Å²) in [6.07, 6.45) is 5.20. The summed E-state index contributed by atoms with van der Waals surface area (Å²) in [6.45, 7) is 2.57. The Morgan fingerprint density at radius 2 is 2.17 bits per heavy atom. The fraction of sp³-hybridized carbons (Fsp3) is 0.357. The zero-order valence-electron chi connectivity index (χ0n) is 10.5. The minimum atomic E-state index is 0.00193. The molecule has 1 aromatic carbocycles. The van der Waals surface area contributed by atoms with Crippen LogP contribution in [-0.4, -0.2) is 31.8 Å². The average Bonchev–Trinajstić information content (AvgIpc) is 2.46. The van der Waals surface area contributed by atoms with Crippen LogP contribution in [0, 0.1) is 0 Å². The molecule has 1 aliphatic heterocycles. The van der Waals surface area contributed by atoms with Crippen LogP contribution in [-0.2, 0) is 0 Å². The van der Waals surface area contributed by atoms with Crippen molar-refractivity contribution in [3.63, 3.8) is 0 Å². The summed E-state index contributed by atoms with van der Waals surface area (Å²) in [5.74, 6) is 0.00193. The molecule has 0 aliphatic carbocycles. The molecule has 1 heterocycles. The molecule has 0 spiro atoms. The molecule has 0 aromatic heterocycles. The van der Waals surface area contributed by atoms with E-state index < -0.39 is 0 Å². The second kappa shape index (κ2) is 6.61. The van der Waals surface area contributed by atoms with E-state index in [1.165, 1.54) is 10.5 Å². The van der Waals surface area contributed by atoms with Gasteiger partial charge >= 0.3 is 0 Å². The van der Waals surface area contributed by atoms with Gasteiger partial charge in [0.2, 0.25) is 0 Å². The Kier molecular flexibility index (Phi) is 4.84. The highest BCUT2D eigenvalue weighted by Crippen LogP contribution is 2.14. The maximum atomic E-state index is 11.9. The lowest BCUT2D eigenvalue weighted by Crippen LogP contribution is -2.29. The van der Waals surface area contributed by atoms with Gasteiger partial charge in [0.1, 0.15) is 0 Å². The first-order valence-corrected chi connectivity index (χ1v) is 7.33. The summed E-state index contributed by atoms with van der Waals surface area (Å²) in [5.41, 5.74) is 2.03. The molecule has 18 heavy (non-hydrogen) atoms. The zero-order valence-corrected chi connectivity index (χ0v) is 11.3. The fourth-order valence-corrected chi connectivity index (χ4v) is 2.28. The number of hydrogen-bond donors (Lipinski definition) is 2. The fourth-order valence-electron chi connectivity index (χ4n) is 1.87. The second-order valence-corrected chi connectivity index (χ2v) is 5.11. The van der Waals surface area contributed by atoms with Crippen molar-refractivity contribution in [1.29, 1.82) is 0 Å². The third kappa shape index (κ3) is 3.62. The summed E-state index contributed by atoms with van der Waals surface area (Å²) >= 11 is 1.68.